The summed E-state index contributed by atoms with van der Waals surface area (Å²) >= 11 is 0. The number of aromatic hydroxyl groups is 1. The third kappa shape index (κ3) is 1.27. The molecule has 0 heterocycles. The maximum Gasteiger partial charge on any atom is 0.252 e. The van der Waals surface area contributed by atoms with E-state index in [2.05, 4.69) is 0 Å². The quantitative estimate of drug-likeness (QED) is 0.645. The average molecular weight is 189 g/mol. The van der Waals surface area contributed by atoms with Crippen molar-refractivity contribution in [3.63, 3.8) is 0 Å². The van der Waals surface area contributed by atoms with Crippen molar-refractivity contribution in [2.24, 2.45) is 5.73 Å². The Morgan fingerprint density at radius 2 is 2.00 bits per heavy atom. The number of fused-ring (bicyclic) bond motifs is 1. The van der Waals surface area contributed by atoms with Crippen molar-refractivity contribution < 1.29 is 9.90 Å². The van der Waals surface area contributed by atoms with Gasteiger partial charge < -0.3 is 10.8 Å². The van der Waals surface area contributed by atoms with Crippen LogP contribution in [-0.4, -0.2) is 11.0 Å². The Balaban J connectivity index is 2.80. The van der Waals surface area contributed by atoms with Crippen LogP contribution in [-0.2, 0) is 0 Å². The molecule has 1 aliphatic rings. The number of hydrogen-bond acceptors (Lipinski definition) is 2. The first-order valence-corrected chi connectivity index (χ1v) is 4.52. The van der Waals surface area contributed by atoms with E-state index in [0.717, 1.165) is 23.3 Å². The van der Waals surface area contributed by atoms with E-state index in [0.29, 0.717) is 0 Å². The molecule has 3 nitrogen and oxygen atoms in total. The Labute approximate surface area is 81.2 Å². The standard InChI is InChI=1S/C11H11NO2/c12-11(14)9-6-5-7-3-1-2-4-8(7)10(9)13/h3-6,13H,1-2H2,(H2,12,14). The zero-order chi connectivity index (χ0) is 10.1. The molecule has 3 N–H and O–H groups in total. The molecule has 0 radical (unpaired) electrons. The first-order valence-electron chi connectivity index (χ1n) is 4.52. The Hall–Kier alpha value is -1.77. The summed E-state index contributed by atoms with van der Waals surface area (Å²) in [5.74, 6) is -0.588. The Morgan fingerprint density at radius 3 is 2.71 bits per heavy atom. The van der Waals surface area contributed by atoms with Gasteiger partial charge in [0.1, 0.15) is 5.75 Å². The van der Waals surface area contributed by atoms with Gasteiger partial charge in [0.2, 0.25) is 0 Å². The van der Waals surface area contributed by atoms with Gasteiger partial charge in [-0.15, -0.1) is 0 Å². The molecular weight excluding hydrogens is 178 g/mol. The predicted molar refractivity (Wildman–Crippen MR) is 54.0 cm³/mol. The molecule has 0 fully saturated rings. The summed E-state index contributed by atoms with van der Waals surface area (Å²) in [4.78, 5) is 10.9. The lowest BCUT2D eigenvalue weighted by Gasteiger charge is -2.05. The van der Waals surface area contributed by atoms with Crippen LogP contribution in [0.4, 0.5) is 0 Å². The molecular formula is C11H11NO2. The highest BCUT2D eigenvalue weighted by Gasteiger charge is 2.09. The molecule has 72 valence electrons. The van der Waals surface area contributed by atoms with E-state index in [-0.39, 0.29) is 11.3 Å². The summed E-state index contributed by atoms with van der Waals surface area (Å²) in [5, 5.41) is 11.5. The number of rotatable bonds is 1. The molecule has 14 heavy (non-hydrogen) atoms. The first-order chi connectivity index (χ1) is 6.70. The van der Waals surface area contributed by atoms with Crippen LogP contribution in [0, 0.1) is 0 Å². The van der Waals surface area contributed by atoms with Crippen molar-refractivity contribution in [2.75, 3.05) is 0 Å². The number of carbonyl (C=O) groups is 1. The van der Waals surface area contributed by atoms with Gasteiger partial charge in [-0.05, 0) is 24.1 Å². The number of hydrogen-bond donors (Lipinski definition) is 2. The SMILES string of the molecule is NC(=O)c1ccc2c(c1O)=CCCC=2. The molecule has 1 aromatic carbocycles. The number of primary amides is 1. The van der Waals surface area contributed by atoms with Crippen LogP contribution in [0.5, 0.6) is 5.75 Å². The molecule has 0 bridgehead atoms. The lowest BCUT2D eigenvalue weighted by molar-refractivity contribution is 0.0997. The van der Waals surface area contributed by atoms with Crippen molar-refractivity contribution in [3.8, 4) is 5.75 Å². The Morgan fingerprint density at radius 1 is 1.29 bits per heavy atom. The molecule has 0 aliphatic heterocycles. The fourth-order valence-corrected chi connectivity index (χ4v) is 1.68. The minimum atomic E-state index is -0.593. The molecule has 0 unspecified atom stereocenters. The summed E-state index contributed by atoms with van der Waals surface area (Å²) in [6.45, 7) is 0. The van der Waals surface area contributed by atoms with Gasteiger partial charge in [0.05, 0.1) is 5.56 Å². The van der Waals surface area contributed by atoms with Gasteiger partial charge in [-0.25, -0.2) is 0 Å². The van der Waals surface area contributed by atoms with Crippen molar-refractivity contribution in [1.29, 1.82) is 0 Å². The minimum absolute atomic E-state index is 0.00551. The summed E-state index contributed by atoms with van der Waals surface area (Å²) in [5.41, 5.74) is 5.31. The monoisotopic (exact) mass is 189 g/mol. The van der Waals surface area contributed by atoms with Crippen LogP contribution in [0.3, 0.4) is 0 Å². The maximum absolute atomic E-state index is 10.9. The molecule has 2 rings (SSSR count). The number of nitrogens with two attached hydrogens (primary N) is 1. The fourth-order valence-electron chi connectivity index (χ4n) is 1.68. The maximum atomic E-state index is 10.9. The topological polar surface area (TPSA) is 63.3 Å². The molecule has 3 heteroatoms. The predicted octanol–water partition coefficient (Wildman–Crippen LogP) is -0.154. The summed E-state index contributed by atoms with van der Waals surface area (Å²) in [7, 11) is 0. The zero-order valence-electron chi connectivity index (χ0n) is 7.66. The molecule has 0 atom stereocenters. The lowest BCUT2D eigenvalue weighted by atomic mass is 10.0. The van der Waals surface area contributed by atoms with E-state index in [1.807, 2.05) is 18.2 Å². The molecule has 0 aromatic heterocycles. The number of benzene rings is 1. The van der Waals surface area contributed by atoms with Gasteiger partial charge in [0.15, 0.2) is 0 Å². The van der Waals surface area contributed by atoms with E-state index in [9.17, 15) is 9.90 Å². The number of amides is 1. The van der Waals surface area contributed by atoms with E-state index >= 15 is 0 Å². The highest BCUT2D eigenvalue weighted by atomic mass is 16.3. The van der Waals surface area contributed by atoms with Crippen LogP contribution < -0.4 is 16.2 Å². The van der Waals surface area contributed by atoms with Crippen LogP contribution in [0.15, 0.2) is 12.1 Å². The highest BCUT2D eigenvalue weighted by molar-refractivity contribution is 5.95. The molecule has 0 spiro atoms. The lowest BCUT2D eigenvalue weighted by Crippen LogP contribution is -2.29. The molecule has 1 aromatic rings. The van der Waals surface area contributed by atoms with E-state index < -0.39 is 5.91 Å². The van der Waals surface area contributed by atoms with Crippen LogP contribution in [0.1, 0.15) is 23.2 Å². The van der Waals surface area contributed by atoms with Gasteiger partial charge >= 0.3 is 0 Å². The fraction of sp³-hybridized carbons (Fsp3) is 0.182. The summed E-state index contributed by atoms with van der Waals surface area (Å²) < 4.78 is 0. The molecule has 1 aliphatic carbocycles. The molecule has 0 saturated carbocycles. The van der Waals surface area contributed by atoms with Gasteiger partial charge in [-0.3, -0.25) is 4.79 Å². The second-order valence-electron chi connectivity index (χ2n) is 3.31. The van der Waals surface area contributed by atoms with E-state index in [1.54, 1.807) is 6.07 Å². The third-order valence-corrected chi connectivity index (χ3v) is 2.40. The Bertz CT molecular complexity index is 503. The van der Waals surface area contributed by atoms with Crippen LogP contribution >= 0.6 is 0 Å². The van der Waals surface area contributed by atoms with Crippen molar-refractivity contribution >= 4 is 18.1 Å². The van der Waals surface area contributed by atoms with Gasteiger partial charge in [0.25, 0.3) is 5.91 Å². The number of carbonyl (C=O) groups excluding carboxylic acids is 1. The van der Waals surface area contributed by atoms with E-state index in [1.165, 1.54) is 0 Å². The highest BCUT2D eigenvalue weighted by Crippen LogP contribution is 2.09. The third-order valence-electron chi connectivity index (χ3n) is 2.40. The molecule has 1 amide bonds. The normalized spacial score (nSPS) is 13.7. The van der Waals surface area contributed by atoms with Crippen LogP contribution in [0.2, 0.25) is 0 Å². The summed E-state index contributed by atoms with van der Waals surface area (Å²) in [6.07, 6.45) is 5.84. The van der Waals surface area contributed by atoms with Gasteiger partial charge in [0, 0.05) is 5.22 Å². The van der Waals surface area contributed by atoms with Gasteiger partial charge in [-0.2, -0.15) is 0 Å². The van der Waals surface area contributed by atoms with Crippen molar-refractivity contribution in [3.05, 3.63) is 28.1 Å². The average Bonchev–Trinajstić information content (AvgIpc) is 2.18. The second kappa shape index (κ2) is 3.18. The van der Waals surface area contributed by atoms with Gasteiger partial charge in [-0.1, -0.05) is 18.2 Å². The molecule has 0 saturated heterocycles. The van der Waals surface area contributed by atoms with Crippen molar-refractivity contribution in [1.82, 2.24) is 0 Å². The Kier molecular flexibility index (Phi) is 2.00. The minimum Gasteiger partial charge on any atom is -0.506 e. The van der Waals surface area contributed by atoms with E-state index in [4.69, 9.17) is 5.73 Å². The first kappa shape index (κ1) is 8.81. The number of phenols is 1. The second-order valence-corrected chi connectivity index (χ2v) is 3.31. The van der Waals surface area contributed by atoms with Crippen LogP contribution in [0.25, 0.3) is 12.2 Å². The largest absolute Gasteiger partial charge is 0.506 e. The summed E-state index contributed by atoms with van der Waals surface area (Å²) in [6, 6.07) is 3.37. The smallest absolute Gasteiger partial charge is 0.252 e. The van der Waals surface area contributed by atoms with Crippen molar-refractivity contribution in [2.45, 2.75) is 12.8 Å². The zero-order valence-corrected chi connectivity index (χ0v) is 7.66.